The van der Waals surface area contributed by atoms with Crippen molar-refractivity contribution in [3.63, 3.8) is 0 Å². The van der Waals surface area contributed by atoms with Gasteiger partial charge in [-0.2, -0.15) is 0 Å². The molecule has 0 saturated carbocycles. The molecule has 0 unspecified atom stereocenters. The number of thioether (sulfide) groups is 1. The third-order valence-electron chi connectivity index (χ3n) is 5.61. The molecule has 4 rings (SSSR count). The first kappa shape index (κ1) is 23.6. The van der Waals surface area contributed by atoms with E-state index in [1.54, 1.807) is 7.11 Å². The highest BCUT2D eigenvalue weighted by Gasteiger charge is 2.24. The number of nitrogens with one attached hydrogen (secondary N) is 1. The molecule has 0 bridgehead atoms. The Morgan fingerprint density at radius 3 is 2.32 bits per heavy atom. The van der Waals surface area contributed by atoms with Gasteiger partial charge in [-0.15, -0.1) is 0 Å². The number of amides is 1. The summed E-state index contributed by atoms with van der Waals surface area (Å²) in [5.74, 6) is 1.29. The maximum absolute atomic E-state index is 12.5. The normalized spacial score (nSPS) is 15.6. The van der Waals surface area contributed by atoms with Gasteiger partial charge in [0.1, 0.15) is 23.8 Å². The fraction of sp³-hybridized carbons (Fsp3) is 0.214. The number of hydrogen-bond acceptors (Lipinski definition) is 5. The molecule has 0 atom stereocenters. The zero-order chi connectivity index (χ0) is 24.2. The van der Waals surface area contributed by atoms with Crippen LogP contribution >= 0.6 is 11.8 Å². The minimum absolute atomic E-state index is 0.166. The fourth-order valence-corrected chi connectivity index (χ4v) is 4.72. The molecule has 1 aliphatic heterocycles. The maximum Gasteiger partial charge on any atom is 0.264 e. The van der Waals surface area contributed by atoms with Crippen LogP contribution in [0.2, 0.25) is 0 Å². The average Bonchev–Trinajstić information content (AvgIpc) is 3.12. The first-order valence-electron chi connectivity index (χ1n) is 11.1. The molecule has 174 valence electrons. The summed E-state index contributed by atoms with van der Waals surface area (Å²) in [7, 11) is 1.61. The van der Waals surface area contributed by atoms with E-state index in [1.807, 2.05) is 55.5 Å². The number of methoxy groups -OCH3 is 1. The van der Waals surface area contributed by atoms with Crippen molar-refractivity contribution in [3.8, 4) is 11.5 Å². The van der Waals surface area contributed by atoms with Crippen LogP contribution in [0, 0.1) is 27.7 Å². The highest BCUT2D eigenvalue weighted by molar-refractivity contribution is 8.18. The van der Waals surface area contributed by atoms with Crippen LogP contribution in [0.25, 0.3) is 6.08 Å². The second-order valence-corrected chi connectivity index (χ2v) is 9.42. The minimum Gasteiger partial charge on any atom is -0.494 e. The van der Waals surface area contributed by atoms with Crippen molar-refractivity contribution < 1.29 is 14.3 Å². The molecule has 1 saturated heterocycles. The van der Waals surface area contributed by atoms with Gasteiger partial charge in [-0.1, -0.05) is 35.9 Å². The van der Waals surface area contributed by atoms with Gasteiger partial charge >= 0.3 is 0 Å². The number of carbonyl (C=O) groups is 1. The summed E-state index contributed by atoms with van der Waals surface area (Å²) in [6.07, 6.45) is 1.86. The van der Waals surface area contributed by atoms with Gasteiger partial charge in [0, 0.05) is 0 Å². The van der Waals surface area contributed by atoms with Crippen LogP contribution in [-0.4, -0.2) is 18.2 Å². The summed E-state index contributed by atoms with van der Waals surface area (Å²) in [4.78, 5) is 17.6. The number of rotatable bonds is 6. The number of ether oxygens (including phenoxy) is 2. The maximum atomic E-state index is 12.5. The Balaban J connectivity index is 1.45. The summed E-state index contributed by atoms with van der Waals surface area (Å²) in [5.41, 5.74) is 7.63. The second kappa shape index (κ2) is 10.2. The molecule has 0 radical (unpaired) electrons. The van der Waals surface area contributed by atoms with Crippen molar-refractivity contribution in [2.75, 3.05) is 7.11 Å². The van der Waals surface area contributed by atoms with Crippen LogP contribution in [0.4, 0.5) is 5.69 Å². The number of benzene rings is 3. The minimum atomic E-state index is -0.166. The first-order valence-corrected chi connectivity index (χ1v) is 11.9. The number of amidine groups is 1. The van der Waals surface area contributed by atoms with E-state index in [0.717, 1.165) is 16.9 Å². The van der Waals surface area contributed by atoms with Crippen LogP contribution in [0.3, 0.4) is 0 Å². The summed E-state index contributed by atoms with van der Waals surface area (Å²) in [6, 6.07) is 17.9. The van der Waals surface area contributed by atoms with Crippen molar-refractivity contribution in [2.45, 2.75) is 34.3 Å². The van der Waals surface area contributed by atoms with Gasteiger partial charge in [-0.25, -0.2) is 4.99 Å². The fourth-order valence-electron chi connectivity index (χ4n) is 3.88. The largest absolute Gasteiger partial charge is 0.494 e. The molecule has 3 aromatic rings. The highest BCUT2D eigenvalue weighted by atomic mass is 32.2. The van der Waals surface area contributed by atoms with E-state index < -0.39 is 0 Å². The van der Waals surface area contributed by atoms with Gasteiger partial charge < -0.3 is 14.8 Å². The molecule has 6 heteroatoms. The van der Waals surface area contributed by atoms with E-state index in [0.29, 0.717) is 28.1 Å². The topological polar surface area (TPSA) is 59.9 Å². The van der Waals surface area contributed by atoms with Gasteiger partial charge in [0.25, 0.3) is 5.91 Å². The first-order chi connectivity index (χ1) is 16.3. The molecule has 1 heterocycles. The van der Waals surface area contributed by atoms with Gasteiger partial charge in [0.2, 0.25) is 0 Å². The molecule has 34 heavy (non-hydrogen) atoms. The molecule has 0 aromatic heterocycles. The van der Waals surface area contributed by atoms with Crippen molar-refractivity contribution in [1.82, 2.24) is 5.32 Å². The van der Waals surface area contributed by atoms with Gasteiger partial charge in [-0.3, -0.25) is 4.79 Å². The molecular weight excluding hydrogens is 444 g/mol. The average molecular weight is 473 g/mol. The van der Waals surface area contributed by atoms with E-state index in [-0.39, 0.29) is 5.91 Å². The predicted octanol–water partition coefficient (Wildman–Crippen LogP) is 6.40. The van der Waals surface area contributed by atoms with Crippen molar-refractivity contribution >= 4 is 34.6 Å². The number of hydrogen-bond donors (Lipinski definition) is 1. The molecule has 1 N–H and O–H groups in total. The molecule has 5 nitrogen and oxygen atoms in total. The third-order valence-corrected chi connectivity index (χ3v) is 6.52. The van der Waals surface area contributed by atoms with E-state index in [9.17, 15) is 4.79 Å². The smallest absolute Gasteiger partial charge is 0.264 e. The van der Waals surface area contributed by atoms with Crippen LogP contribution in [0.15, 0.2) is 64.5 Å². The lowest BCUT2D eigenvalue weighted by Crippen LogP contribution is -2.19. The van der Waals surface area contributed by atoms with Crippen LogP contribution < -0.4 is 14.8 Å². The Morgan fingerprint density at radius 1 is 0.941 bits per heavy atom. The van der Waals surface area contributed by atoms with E-state index in [4.69, 9.17) is 9.47 Å². The van der Waals surface area contributed by atoms with Crippen molar-refractivity contribution in [3.05, 3.63) is 92.9 Å². The number of aryl methyl sites for hydroxylation is 4. The van der Waals surface area contributed by atoms with E-state index >= 15 is 0 Å². The Hall–Kier alpha value is -3.51. The van der Waals surface area contributed by atoms with Crippen molar-refractivity contribution in [2.24, 2.45) is 4.99 Å². The molecule has 0 spiro atoms. The zero-order valence-electron chi connectivity index (χ0n) is 20.1. The van der Waals surface area contributed by atoms with E-state index in [1.165, 1.54) is 34.0 Å². The number of carbonyl (C=O) groups excluding carboxylic acids is 1. The Kier molecular flexibility index (Phi) is 7.08. The summed E-state index contributed by atoms with van der Waals surface area (Å²) < 4.78 is 11.4. The Bertz CT molecular complexity index is 1270. The lowest BCUT2D eigenvalue weighted by atomic mass is 10.0. The monoisotopic (exact) mass is 472 g/mol. The van der Waals surface area contributed by atoms with Gasteiger partial charge in [0.05, 0.1) is 12.0 Å². The lowest BCUT2D eigenvalue weighted by molar-refractivity contribution is -0.115. The van der Waals surface area contributed by atoms with Crippen LogP contribution in [-0.2, 0) is 11.4 Å². The van der Waals surface area contributed by atoms with Crippen LogP contribution in [0.5, 0.6) is 11.5 Å². The Labute approximate surface area is 204 Å². The molecular formula is C28H28N2O3S. The predicted molar refractivity (Wildman–Crippen MR) is 140 cm³/mol. The summed E-state index contributed by atoms with van der Waals surface area (Å²) in [5, 5.41) is 3.36. The summed E-state index contributed by atoms with van der Waals surface area (Å²) >= 11 is 1.31. The second-order valence-electron chi connectivity index (χ2n) is 8.39. The molecule has 0 aliphatic carbocycles. The third kappa shape index (κ3) is 5.51. The molecule has 1 amide bonds. The molecule has 1 aliphatic rings. The molecule has 1 fully saturated rings. The van der Waals surface area contributed by atoms with Gasteiger partial charge in [0.15, 0.2) is 5.17 Å². The van der Waals surface area contributed by atoms with Crippen molar-refractivity contribution in [1.29, 1.82) is 0 Å². The Morgan fingerprint density at radius 2 is 1.65 bits per heavy atom. The SMILES string of the molecule is COc1ccc(C)cc1N=C1NC(=O)/C(=C/c2ccc(OCc3c(C)cc(C)cc3C)cc2)S1. The zero-order valence-corrected chi connectivity index (χ0v) is 20.9. The standard InChI is InChI=1S/C28H28N2O3S/c1-17-6-11-25(32-5)24(14-17)29-28-30-27(31)26(34-28)15-21-7-9-22(10-8-21)33-16-23-19(3)12-18(2)13-20(23)4/h6-15H,16H2,1-5H3,(H,29,30,31)/b26-15-. The number of nitrogens with zero attached hydrogens (tertiary/aromatic N) is 1. The van der Waals surface area contributed by atoms with Crippen LogP contribution in [0.1, 0.15) is 33.4 Å². The highest BCUT2D eigenvalue weighted by Crippen LogP contribution is 2.33. The lowest BCUT2D eigenvalue weighted by Gasteiger charge is -2.13. The summed E-state index contributed by atoms with van der Waals surface area (Å²) in [6.45, 7) is 8.86. The molecule has 3 aromatic carbocycles. The van der Waals surface area contributed by atoms with Gasteiger partial charge in [-0.05, 0) is 97.6 Å². The van der Waals surface area contributed by atoms with E-state index in [2.05, 4.69) is 43.2 Å². The quantitative estimate of drug-likeness (QED) is 0.422. The number of aliphatic imine (C=N–C) groups is 1.